The van der Waals surface area contributed by atoms with E-state index in [9.17, 15) is 14.0 Å². The van der Waals surface area contributed by atoms with Gasteiger partial charge in [0, 0.05) is 24.2 Å². The molecule has 186 valence electrons. The van der Waals surface area contributed by atoms with Crippen molar-refractivity contribution in [3.05, 3.63) is 46.5 Å². The van der Waals surface area contributed by atoms with E-state index in [4.69, 9.17) is 4.74 Å². The summed E-state index contributed by atoms with van der Waals surface area (Å²) in [5.74, 6) is -0.389. The molecule has 9 nitrogen and oxygen atoms in total. The fourth-order valence-electron chi connectivity index (χ4n) is 3.58. The number of hydrogen-bond acceptors (Lipinski definition) is 8. The first-order valence-electron chi connectivity index (χ1n) is 11.4. The molecule has 3 aromatic heterocycles. The van der Waals surface area contributed by atoms with Crippen LogP contribution in [-0.4, -0.2) is 57.6 Å². The van der Waals surface area contributed by atoms with Crippen molar-refractivity contribution < 1.29 is 18.7 Å². The second kappa shape index (κ2) is 9.73. The molecule has 1 unspecified atom stereocenters. The lowest BCUT2D eigenvalue weighted by Gasteiger charge is -2.39. The highest BCUT2D eigenvalue weighted by atomic mass is 32.1. The summed E-state index contributed by atoms with van der Waals surface area (Å²) < 4.78 is 19.5. The number of nitrogens with zero attached hydrogens (tertiary/aromatic N) is 4. The number of anilines is 1. The molecule has 4 heterocycles. The second-order valence-electron chi connectivity index (χ2n) is 9.96. The number of alkyl carbamates (subject to hydrolysis) is 1. The zero-order valence-corrected chi connectivity index (χ0v) is 21.2. The summed E-state index contributed by atoms with van der Waals surface area (Å²) in [6.45, 7) is 10.8. The van der Waals surface area contributed by atoms with Gasteiger partial charge in [0.2, 0.25) is 5.95 Å². The quantitative estimate of drug-likeness (QED) is 0.519. The Hall–Kier alpha value is -3.34. The normalized spacial score (nSPS) is 15.0. The van der Waals surface area contributed by atoms with Crippen LogP contribution in [0.2, 0.25) is 0 Å². The highest BCUT2D eigenvalue weighted by molar-refractivity contribution is 7.19. The molecule has 2 N–H and O–H groups in total. The van der Waals surface area contributed by atoms with Crippen molar-refractivity contribution in [2.45, 2.75) is 46.7 Å². The van der Waals surface area contributed by atoms with Gasteiger partial charge in [-0.2, -0.15) is 0 Å². The molecule has 1 atom stereocenters. The van der Waals surface area contributed by atoms with Gasteiger partial charge < -0.3 is 20.3 Å². The lowest BCUT2D eigenvalue weighted by atomic mass is 9.99. The fraction of sp³-hybridized carbons (Fsp3) is 0.458. The van der Waals surface area contributed by atoms with E-state index < -0.39 is 11.9 Å². The Balaban J connectivity index is 1.46. The van der Waals surface area contributed by atoms with Crippen LogP contribution in [-0.2, 0) is 4.74 Å². The average Bonchev–Trinajstić information content (AvgIpc) is 3.13. The van der Waals surface area contributed by atoms with Gasteiger partial charge in [0.1, 0.15) is 5.82 Å². The summed E-state index contributed by atoms with van der Waals surface area (Å²) in [5, 5.41) is 5.94. The number of aromatic nitrogens is 3. The molecule has 0 aromatic carbocycles. The maximum absolute atomic E-state index is 13.6. The summed E-state index contributed by atoms with van der Waals surface area (Å²) in [6, 6.07) is 2.80. The monoisotopic (exact) mass is 500 g/mol. The standard InChI is InChI=1S/C24H29FN6O3S/c1-13-6-18-20(35-13)19(30-22(29-18)27-14(2)15-7-16(25)9-26-8-15)21(32)31-10-17(11-31)28-23(33)34-12-24(3,4)5/h6-9,14,17H,10-12H2,1-5H3,(H,28,33)(H,27,29,30). The maximum Gasteiger partial charge on any atom is 0.407 e. The average molecular weight is 501 g/mol. The van der Waals surface area contributed by atoms with E-state index in [1.54, 1.807) is 11.1 Å². The summed E-state index contributed by atoms with van der Waals surface area (Å²) in [6.07, 6.45) is 2.23. The number of likely N-dealkylation sites (tertiary alicyclic amines) is 1. The molecular weight excluding hydrogens is 471 g/mol. The Morgan fingerprint density at radius 3 is 2.69 bits per heavy atom. The molecule has 0 aliphatic carbocycles. The number of carbonyl (C=O) groups excluding carboxylic acids is 2. The minimum absolute atomic E-state index is 0.120. The second-order valence-corrected chi connectivity index (χ2v) is 11.2. The summed E-state index contributed by atoms with van der Waals surface area (Å²) in [4.78, 5) is 40.9. The predicted octanol–water partition coefficient (Wildman–Crippen LogP) is 4.30. The number of amides is 2. The molecule has 1 aliphatic heterocycles. The Kier molecular flexibility index (Phi) is 6.88. The zero-order valence-electron chi connectivity index (χ0n) is 20.4. The Labute approximate surface area is 207 Å². The van der Waals surface area contributed by atoms with Crippen molar-refractivity contribution >= 4 is 39.5 Å². The molecule has 1 aliphatic rings. The summed E-state index contributed by atoms with van der Waals surface area (Å²) in [7, 11) is 0. The number of carbonyl (C=O) groups is 2. The van der Waals surface area contributed by atoms with Crippen LogP contribution in [0.25, 0.3) is 10.2 Å². The van der Waals surface area contributed by atoms with Gasteiger partial charge in [-0.05, 0) is 37.0 Å². The molecule has 2 amide bonds. The van der Waals surface area contributed by atoms with Gasteiger partial charge in [-0.25, -0.2) is 19.2 Å². The van der Waals surface area contributed by atoms with Crippen molar-refractivity contribution in [2.24, 2.45) is 5.41 Å². The minimum Gasteiger partial charge on any atom is -0.449 e. The SMILES string of the molecule is Cc1cc2nc(NC(C)c3cncc(F)c3)nc(C(=O)N3CC(NC(=O)OCC(C)(C)C)C3)c2s1. The first-order chi connectivity index (χ1) is 16.5. The van der Waals surface area contributed by atoms with Crippen molar-refractivity contribution in [1.29, 1.82) is 0 Å². The molecule has 1 fully saturated rings. The smallest absolute Gasteiger partial charge is 0.407 e. The molecule has 0 radical (unpaired) electrons. The van der Waals surface area contributed by atoms with Crippen LogP contribution in [0, 0.1) is 18.2 Å². The third kappa shape index (κ3) is 6.02. The predicted molar refractivity (Wildman–Crippen MR) is 132 cm³/mol. The number of halogens is 1. The highest BCUT2D eigenvalue weighted by Gasteiger charge is 2.35. The molecule has 0 spiro atoms. The third-order valence-electron chi connectivity index (χ3n) is 5.40. The lowest BCUT2D eigenvalue weighted by molar-refractivity contribution is 0.0524. The third-order valence-corrected chi connectivity index (χ3v) is 6.44. The van der Waals surface area contributed by atoms with Gasteiger partial charge in [0.25, 0.3) is 5.91 Å². The van der Waals surface area contributed by atoms with Gasteiger partial charge >= 0.3 is 6.09 Å². The zero-order chi connectivity index (χ0) is 25.3. The number of thiophene rings is 1. The first kappa shape index (κ1) is 24.8. The number of ether oxygens (including phenoxy) is 1. The van der Waals surface area contributed by atoms with E-state index in [2.05, 4.69) is 25.6 Å². The van der Waals surface area contributed by atoms with E-state index in [-0.39, 0.29) is 29.4 Å². The lowest BCUT2D eigenvalue weighted by Crippen LogP contribution is -2.61. The number of aryl methyl sites for hydroxylation is 1. The largest absolute Gasteiger partial charge is 0.449 e. The topological polar surface area (TPSA) is 109 Å². The number of pyridine rings is 1. The van der Waals surface area contributed by atoms with E-state index >= 15 is 0 Å². The highest BCUT2D eigenvalue weighted by Crippen LogP contribution is 2.30. The molecule has 0 saturated carbocycles. The Morgan fingerprint density at radius 1 is 1.26 bits per heavy atom. The van der Waals surface area contributed by atoms with Crippen LogP contribution in [0.1, 0.15) is 54.7 Å². The molecule has 11 heteroatoms. The molecule has 3 aromatic rings. The van der Waals surface area contributed by atoms with E-state index in [1.807, 2.05) is 40.7 Å². The molecule has 0 bridgehead atoms. The van der Waals surface area contributed by atoms with Crippen molar-refractivity contribution in [3.63, 3.8) is 0 Å². The number of hydrogen-bond donors (Lipinski definition) is 2. The van der Waals surface area contributed by atoms with E-state index in [1.165, 1.54) is 17.4 Å². The van der Waals surface area contributed by atoms with Crippen LogP contribution in [0.5, 0.6) is 0 Å². The van der Waals surface area contributed by atoms with Gasteiger partial charge in [-0.1, -0.05) is 20.8 Å². The van der Waals surface area contributed by atoms with Crippen molar-refractivity contribution in [2.75, 3.05) is 25.0 Å². The van der Waals surface area contributed by atoms with Gasteiger partial charge in [0.05, 0.1) is 35.1 Å². The summed E-state index contributed by atoms with van der Waals surface area (Å²) >= 11 is 1.46. The van der Waals surface area contributed by atoms with E-state index in [0.29, 0.717) is 41.2 Å². The first-order valence-corrected chi connectivity index (χ1v) is 12.2. The van der Waals surface area contributed by atoms with Gasteiger partial charge in [-0.3, -0.25) is 9.78 Å². The molecule has 4 rings (SSSR count). The Morgan fingerprint density at radius 2 is 2.00 bits per heavy atom. The number of fused-ring (bicyclic) bond motifs is 1. The molecule has 35 heavy (non-hydrogen) atoms. The van der Waals surface area contributed by atoms with Crippen molar-refractivity contribution in [1.82, 2.24) is 25.2 Å². The van der Waals surface area contributed by atoms with Crippen LogP contribution >= 0.6 is 11.3 Å². The molecular formula is C24H29FN6O3S. The number of rotatable bonds is 6. The van der Waals surface area contributed by atoms with Crippen LogP contribution in [0.4, 0.5) is 15.1 Å². The van der Waals surface area contributed by atoms with E-state index in [0.717, 1.165) is 11.1 Å². The van der Waals surface area contributed by atoms with Crippen LogP contribution in [0.15, 0.2) is 24.5 Å². The summed E-state index contributed by atoms with van der Waals surface area (Å²) in [5.41, 5.74) is 1.48. The minimum atomic E-state index is -0.484. The van der Waals surface area contributed by atoms with Gasteiger partial charge in [0.15, 0.2) is 5.69 Å². The fourth-order valence-corrected chi connectivity index (χ4v) is 4.51. The van der Waals surface area contributed by atoms with Crippen molar-refractivity contribution in [3.8, 4) is 0 Å². The van der Waals surface area contributed by atoms with Crippen LogP contribution in [0.3, 0.4) is 0 Å². The maximum atomic E-state index is 13.6. The van der Waals surface area contributed by atoms with Crippen LogP contribution < -0.4 is 10.6 Å². The van der Waals surface area contributed by atoms with Gasteiger partial charge in [-0.15, -0.1) is 11.3 Å². The molecule has 1 saturated heterocycles. The Bertz CT molecular complexity index is 1250. The number of nitrogens with one attached hydrogen (secondary N) is 2.